The van der Waals surface area contributed by atoms with Crippen molar-refractivity contribution >= 4 is 21.5 Å². The van der Waals surface area contributed by atoms with E-state index in [4.69, 9.17) is 4.74 Å². The summed E-state index contributed by atoms with van der Waals surface area (Å²) >= 11 is 0. The van der Waals surface area contributed by atoms with Crippen LogP contribution in [-0.2, 0) is 10.8 Å². The molecular formula is C58H34O. The Morgan fingerprint density at radius 2 is 0.729 bits per heavy atom. The van der Waals surface area contributed by atoms with Crippen LogP contribution in [0.5, 0.6) is 11.5 Å². The Kier molecular flexibility index (Phi) is 5.96. The Bertz CT molecular complexity index is 3440. The zero-order chi connectivity index (χ0) is 38.5. The van der Waals surface area contributed by atoms with Crippen molar-refractivity contribution < 1.29 is 4.74 Å². The van der Waals surface area contributed by atoms with Crippen LogP contribution in [0.3, 0.4) is 0 Å². The van der Waals surface area contributed by atoms with E-state index in [0.717, 1.165) is 11.5 Å². The van der Waals surface area contributed by atoms with Crippen molar-refractivity contribution in [1.82, 2.24) is 0 Å². The summed E-state index contributed by atoms with van der Waals surface area (Å²) in [5.74, 6) is 1.82. The Balaban J connectivity index is 1.05. The molecule has 0 amide bonds. The highest BCUT2D eigenvalue weighted by molar-refractivity contribution is 6.04. The first-order valence-corrected chi connectivity index (χ1v) is 20.7. The average molecular weight is 747 g/mol. The highest BCUT2D eigenvalue weighted by Crippen LogP contribution is 2.66. The quantitative estimate of drug-likeness (QED) is 0.163. The van der Waals surface area contributed by atoms with Crippen LogP contribution >= 0.6 is 0 Å². The molecule has 1 aliphatic heterocycles. The monoisotopic (exact) mass is 746 g/mol. The number of ether oxygens (including phenoxy) is 1. The molecule has 1 heteroatoms. The summed E-state index contributed by atoms with van der Waals surface area (Å²) in [5.41, 5.74) is 19.6. The summed E-state index contributed by atoms with van der Waals surface area (Å²) < 4.78 is 7.00. The maximum atomic E-state index is 7.00. The molecule has 1 heterocycles. The standard InChI is InChI=1S/C58H34O/c1-2-15-37-34-55-53(32-36(37)14-1)57(47-21-9-5-17-41(47)42-18-6-10-22-48(42)57)52-33-39(27-30-54(52)59-55)38-26-28-45-43-19-7-11-23-49(43)58(51(45)31-38)50-24-12-8-20-44(50)46-29-25-35-13-3-4-16-40(35)56(46)58/h1-34H. The molecule has 0 fully saturated rings. The first-order chi connectivity index (χ1) is 29.2. The molecule has 272 valence electrons. The number of hydrogen-bond acceptors (Lipinski definition) is 1. The van der Waals surface area contributed by atoms with Gasteiger partial charge in [0.25, 0.3) is 0 Å². The van der Waals surface area contributed by atoms with Crippen LogP contribution in [0.15, 0.2) is 206 Å². The summed E-state index contributed by atoms with van der Waals surface area (Å²) in [7, 11) is 0. The van der Waals surface area contributed by atoms with Gasteiger partial charge < -0.3 is 4.74 Å². The second-order valence-corrected chi connectivity index (χ2v) is 16.7. The zero-order valence-corrected chi connectivity index (χ0v) is 32.0. The molecule has 14 rings (SSSR count). The summed E-state index contributed by atoms with van der Waals surface area (Å²) in [6.45, 7) is 0. The lowest BCUT2D eigenvalue weighted by Gasteiger charge is -2.40. The molecule has 3 aliphatic carbocycles. The summed E-state index contributed by atoms with van der Waals surface area (Å²) in [6.07, 6.45) is 0. The second kappa shape index (κ2) is 11.1. The number of benzene rings is 10. The molecule has 1 nitrogen and oxygen atoms in total. The first-order valence-electron chi connectivity index (χ1n) is 20.7. The van der Waals surface area contributed by atoms with E-state index in [-0.39, 0.29) is 0 Å². The Labute approximate surface area is 342 Å². The van der Waals surface area contributed by atoms with E-state index >= 15 is 0 Å². The number of fused-ring (bicyclic) bond motifs is 22. The third kappa shape index (κ3) is 3.77. The van der Waals surface area contributed by atoms with E-state index in [2.05, 4.69) is 206 Å². The minimum Gasteiger partial charge on any atom is -0.457 e. The van der Waals surface area contributed by atoms with Crippen molar-refractivity contribution in [2.24, 2.45) is 0 Å². The molecule has 4 aliphatic rings. The van der Waals surface area contributed by atoms with Crippen LogP contribution in [0, 0.1) is 0 Å². The van der Waals surface area contributed by atoms with Crippen molar-refractivity contribution in [2.45, 2.75) is 10.8 Å². The van der Waals surface area contributed by atoms with Gasteiger partial charge in [-0.25, -0.2) is 0 Å². The molecule has 10 aromatic carbocycles. The molecule has 1 unspecified atom stereocenters. The van der Waals surface area contributed by atoms with Crippen LogP contribution < -0.4 is 4.74 Å². The molecule has 10 aromatic rings. The molecule has 0 bridgehead atoms. The Morgan fingerprint density at radius 3 is 1.39 bits per heavy atom. The molecule has 2 spiro atoms. The molecular weight excluding hydrogens is 713 g/mol. The van der Waals surface area contributed by atoms with Gasteiger partial charge in [-0.05, 0) is 130 Å². The van der Waals surface area contributed by atoms with E-state index in [9.17, 15) is 0 Å². The molecule has 0 radical (unpaired) electrons. The van der Waals surface area contributed by atoms with E-state index in [1.807, 2.05) is 0 Å². The molecule has 0 saturated carbocycles. The van der Waals surface area contributed by atoms with Gasteiger partial charge in [0, 0.05) is 11.1 Å². The smallest absolute Gasteiger partial charge is 0.132 e. The van der Waals surface area contributed by atoms with Gasteiger partial charge in [-0.15, -0.1) is 0 Å². The third-order valence-electron chi connectivity index (χ3n) is 14.1. The number of rotatable bonds is 1. The van der Waals surface area contributed by atoms with E-state index in [1.54, 1.807) is 0 Å². The van der Waals surface area contributed by atoms with Crippen LogP contribution in [0.1, 0.15) is 44.5 Å². The lowest BCUT2D eigenvalue weighted by Crippen LogP contribution is -2.32. The second-order valence-electron chi connectivity index (χ2n) is 16.7. The summed E-state index contributed by atoms with van der Waals surface area (Å²) in [4.78, 5) is 0. The first kappa shape index (κ1) is 31.6. The van der Waals surface area contributed by atoms with Crippen molar-refractivity contribution in [3.05, 3.63) is 251 Å². The summed E-state index contributed by atoms with van der Waals surface area (Å²) in [5, 5.41) is 4.97. The Hall–Kier alpha value is -7.48. The SMILES string of the molecule is c1ccc2c(c1)-c1ccccc1C21c2cc(-c3ccc4c(c3)C3(c5ccccc5-4)c4ccccc4-c4ccc5ccccc5c43)ccc2Oc2cc3ccccc3cc21. The van der Waals surface area contributed by atoms with Gasteiger partial charge in [-0.3, -0.25) is 0 Å². The van der Waals surface area contributed by atoms with Gasteiger partial charge in [0.05, 0.1) is 10.8 Å². The predicted molar refractivity (Wildman–Crippen MR) is 241 cm³/mol. The van der Waals surface area contributed by atoms with Crippen LogP contribution in [-0.4, -0.2) is 0 Å². The van der Waals surface area contributed by atoms with Gasteiger partial charge in [0.1, 0.15) is 11.5 Å². The van der Waals surface area contributed by atoms with Crippen LogP contribution in [0.25, 0.3) is 66.1 Å². The lowest BCUT2D eigenvalue weighted by molar-refractivity contribution is 0.437. The van der Waals surface area contributed by atoms with Crippen molar-refractivity contribution in [3.8, 4) is 56.0 Å². The largest absolute Gasteiger partial charge is 0.457 e. The molecule has 0 saturated heterocycles. The van der Waals surface area contributed by atoms with Crippen LogP contribution in [0.2, 0.25) is 0 Å². The summed E-state index contributed by atoms with van der Waals surface area (Å²) in [6, 6.07) is 77.3. The molecule has 0 aromatic heterocycles. The maximum Gasteiger partial charge on any atom is 0.132 e. The topological polar surface area (TPSA) is 9.23 Å². The van der Waals surface area contributed by atoms with Crippen LogP contribution in [0.4, 0.5) is 0 Å². The van der Waals surface area contributed by atoms with Crippen molar-refractivity contribution in [1.29, 1.82) is 0 Å². The minimum absolute atomic E-state index is 0.462. The van der Waals surface area contributed by atoms with Gasteiger partial charge in [0.15, 0.2) is 0 Å². The molecule has 1 atom stereocenters. The zero-order valence-electron chi connectivity index (χ0n) is 32.0. The molecule has 0 N–H and O–H groups in total. The number of hydrogen-bond donors (Lipinski definition) is 0. The minimum atomic E-state index is -0.563. The fraction of sp³-hybridized carbons (Fsp3) is 0.0345. The highest BCUT2D eigenvalue weighted by atomic mass is 16.5. The van der Waals surface area contributed by atoms with Crippen molar-refractivity contribution in [3.63, 3.8) is 0 Å². The fourth-order valence-corrected chi connectivity index (χ4v) is 11.9. The van der Waals surface area contributed by atoms with E-state index < -0.39 is 10.8 Å². The normalized spacial score (nSPS) is 16.5. The van der Waals surface area contributed by atoms with Gasteiger partial charge >= 0.3 is 0 Å². The average Bonchev–Trinajstić information content (AvgIpc) is 3.89. The highest BCUT2D eigenvalue weighted by Gasteiger charge is 2.53. The van der Waals surface area contributed by atoms with E-state index in [0.29, 0.717) is 0 Å². The molecule has 59 heavy (non-hydrogen) atoms. The van der Waals surface area contributed by atoms with Crippen molar-refractivity contribution in [2.75, 3.05) is 0 Å². The van der Waals surface area contributed by atoms with Gasteiger partial charge in [-0.2, -0.15) is 0 Å². The predicted octanol–water partition coefficient (Wildman–Crippen LogP) is 14.5. The fourth-order valence-electron chi connectivity index (χ4n) is 11.9. The van der Waals surface area contributed by atoms with E-state index in [1.165, 1.54) is 111 Å². The lowest BCUT2D eigenvalue weighted by atomic mass is 9.65. The third-order valence-corrected chi connectivity index (χ3v) is 14.1. The van der Waals surface area contributed by atoms with Gasteiger partial charge in [0.2, 0.25) is 0 Å². The van der Waals surface area contributed by atoms with Gasteiger partial charge in [-0.1, -0.05) is 176 Å². The Morgan fingerprint density at radius 1 is 0.271 bits per heavy atom. The maximum absolute atomic E-state index is 7.00.